The highest BCUT2D eigenvalue weighted by molar-refractivity contribution is 7.99. The zero-order chi connectivity index (χ0) is 23.7. The fraction of sp³-hybridized carbons (Fsp3) is 0.160. The summed E-state index contributed by atoms with van der Waals surface area (Å²) in [4.78, 5) is 32.0. The molecule has 9 heteroatoms. The Morgan fingerprint density at radius 3 is 2.85 bits per heavy atom. The van der Waals surface area contributed by atoms with Crippen molar-refractivity contribution in [3.8, 4) is 5.75 Å². The van der Waals surface area contributed by atoms with E-state index in [2.05, 4.69) is 5.32 Å². The maximum absolute atomic E-state index is 13.4. The molecule has 2 aromatic carbocycles. The Morgan fingerprint density at radius 2 is 2.06 bits per heavy atom. The van der Waals surface area contributed by atoms with Crippen LogP contribution < -0.4 is 15.6 Å². The Bertz CT molecular complexity index is 1550. The van der Waals surface area contributed by atoms with Crippen molar-refractivity contribution in [1.82, 2.24) is 9.55 Å². The van der Waals surface area contributed by atoms with Crippen LogP contribution in [-0.2, 0) is 11.3 Å². The van der Waals surface area contributed by atoms with E-state index in [9.17, 15) is 9.59 Å². The molecule has 1 amide bonds. The Labute approximate surface area is 203 Å². The first-order valence-electron chi connectivity index (χ1n) is 10.5. The number of para-hydroxylation sites is 1. The summed E-state index contributed by atoms with van der Waals surface area (Å²) in [5.74, 6) is 0.445. The van der Waals surface area contributed by atoms with Gasteiger partial charge in [0, 0.05) is 10.3 Å². The molecule has 3 heterocycles. The van der Waals surface area contributed by atoms with Crippen LogP contribution in [0.3, 0.4) is 0 Å². The molecule has 5 rings (SSSR count). The number of ether oxygens (including phenoxy) is 1. The smallest absolute Gasteiger partial charge is 0.298 e. The molecule has 0 bridgehead atoms. The van der Waals surface area contributed by atoms with Crippen LogP contribution in [-0.4, -0.2) is 28.3 Å². The summed E-state index contributed by atoms with van der Waals surface area (Å²) >= 11 is 2.77. The topological polar surface area (TPSA) is 86.4 Å². The van der Waals surface area contributed by atoms with Gasteiger partial charge in [0.25, 0.3) is 5.56 Å². The molecular formula is C25H21N3O4S2. The lowest BCUT2D eigenvalue weighted by Crippen LogP contribution is -2.24. The lowest BCUT2D eigenvalue weighted by molar-refractivity contribution is -0.113. The number of anilines is 1. The SMILES string of the molecule is COc1ccc(C)cc1NC(=O)CSc1nc2c(oc3ccccc32)c(=O)n1Cc1cccs1. The molecule has 3 aromatic heterocycles. The number of hydrogen-bond donors (Lipinski definition) is 1. The Morgan fingerprint density at radius 1 is 1.21 bits per heavy atom. The van der Waals surface area contributed by atoms with Gasteiger partial charge in [-0.3, -0.25) is 14.2 Å². The largest absolute Gasteiger partial charge is 0.495 e. The van der Waals surface area contributed by atoms with Gasteiger partial charge in [-0.15, -0.1) is 11.3 Å². The fourth-order valence-electron chi connectivity index (χ4n) is 3.70. The second-order valence-corrected chi connectivity index (χ2v) is 9.66. The second-order valence-electron chi connectivity index (χ2n) is 7.68. The number of thioether (sulfide) groups is 1. The number of amides is 1. The molecule has 0 atom stereocenters. The first kappa shape index (κ1) is 22.2. The van der Waals surface area contributed by atoms with E-state index in [1.165, 1.54) is 11.8 Å². The van der Waals surface area contributed by atoms with E-state index < -0.39 is 0 Å². The highest BCUT2D eigenvalue weighted by Crippen LogP contribution is 2.29. The number of benzene rings is 2. The fourth-order valence-corrected chi connectivity index (χ4v) is 5.18. The minimum absolute atomic E-state index is 0.0786. The number of hydrogen-bond acceptors (Lipinski definition) is 7. The number of thiophene rings is 1. The second kappa shape index (κ2) is 9.36. The van der Waals surface area contributed by atoms with Crippen molar-refractivity contribution < 1.29 is 13.9 Å². The van der Waals surface area contributed by atoms with E-state index in [1.54, 1.807) is 23.0 Å². The van der Waals surface area contributed by atoms with E-state index in [4.69, 9.17) is 14.1 Å². The molecule has 0 aliphatic heterocycles. The predicted molar refractivity (Wildman–Crippen MR) is 136 cm³/mol. The maximum Gasteiger partial charge on any atom is 0.298 e. The van der Waals surface area contributed by atoms with Gasteiger partial charge in [-0.05, 0) is 48.2 Å². The van der Waals surface area contributed by atoms with Gasteiger partial charge in [0.1, 0.15) is 16.8 Å². The zero-order valence-electron chi connectivity index (χ0n) is 18.5. The molecule has 0 aliphatic rings. The number of fused-ring (bicyclic) bond motifs is 3. The normalized spacial score (nSPS) is 11.2. The molecule has 0 aliphatic carbocycles. The first-order chi connectivity index (χ1) is 16.5. The zero-order valence-corrected chi connectivity index (χ0v) is 20.2. The van der Waals surface area contributed by atoms with Gasteiger partial charge in [0.15, 0.2) is 5.16 Å². The summed E-state index contributed by atoms with van der Waals surface area (Å²) in [5, 5.41) is 6.09. The van der Waals surface area contributed by atoms with Crippen molar-refractivity contribution in [1.29, 1.82) is 0 Å². The molecule has 34 heavy (non-hydrogen) atoms. The molecule has 0 saturated carbocycles. The number of aromatic nitrogens is 2. The van der Waals surface area contributed by atoms with E-state index in [1.807, 2.05) is 66.9 Å². The van der Waals surface area contributed by atoms with Gasteiger partial charge >= 0.3 is 0 Å². The average molecular weight is 492 g/mol. The van der Waals surface area contributed by atoms with Gasteiger partial charge in [-0.1, -0.05) is 36.0 Å². The monoisotopic (exact) mass is 491 g/mol. The van der Waals surface area contributed by atoms with Gasteiger partial charge in [-0.25, -0.2) is 4.98 Å². The van der Waals surface area contributed by atoms with Crippen LogP contribution >= 0.6 is 23.1 Å². The van der Waals surface area contributed by atoms with E-state index in [0.29, 0.717) is 34.2 Å². The van der Waals surface area contributed by atoms with Crippen molar-refractivity contribution in [3.05, 3.63) is 80.8 Å². The van der Waals surface area contributed by atoms with Crippen LogP contribution in [0, 0.1) is 6.92 Å². The number of carbonyl (C=O) groups excluding carboxylic acids is 1. The first-order valence-corrected chi connectivity index (χ1v) is 12.4. The molecule has 0 unspecified atom stereocenters. The molecule has 0 saturated heterocycles. The third-order valence-corrected chi connectivity index (χ3v) is 7.14. The molecule has 0 fully saturated rings. The predicted octanol–water partition coefficient (Wildman–Crippen LogP) is 5.30. The standard InChI is InChI=1S/C25H21N3O4S2/c1-15-9-10-20(31-2)18(12-15)26-21(29)14-34-25-27-22-17-7-3-4-8-19(17)32-23(22)24(30)28(25)13-16-6-5-11-33-16/h3-12H,13-14H2,1-2H3,(H,26,29). The summed E-state index contributed by atoms with van der Waals surface area (Å²) in [5.41, 5.74) is 2.68. The molecule has 172 valence electrons. The van der Waals surface area contributed by atoms with Crippen molar-refractivity contribution in [2.75, 3.05) is 18.2 Å². The van der Waals surface area contributed by atoms with Gasteiger partial charge in [-0.2, -0.15) is 0 Å². The Hall–Kier alpha value is -3.56. The summed E-state index contributed by atoms with van der Waals surface area (Å²) in [6.07, 6.45) is 0. The number of aryl methyl sites for hydroxylation is 1. The van der Waals surface area contributed by atoms with E-state index in [-0.39, 0.29) is 22.8 Å². The number of rotatable bonds is 7. The van der Waals surface area contributed by atoms with E-state index in [0.717, 1.165) is 15.8 Å². The minimum Gasteiger partial charge on any atom is -0.495 e. The Balaban J connectivity index is 1.49. The van der Waals surface area contributed by atoms with Gasteiger partial charge < -0.3 is 14.5 Å². The lowest BCUT2D eigenvalue weighted by atomic mass is 10.2. The summed E-state index contributed by atoms with van der Waals surface area (Å²) < 4.78 is 12.8. The van der Waals surface area contributed by atoms with Crippen LogP contribution in [0.5, 0.6) is 5.75 Å². The number of nitrogens with one attached hydrogen (secondary N) is 1. The highest BCUT2D eigenvalue weighted by Gasteiger charge is 2.19. The van der Waals surface area contributed by atoms with Crippen molar-refractivity contribution in [2.45, 2.75) is 18.6 Å². The quantitative estimate of drug-likeness (QED) is 0.246. The third-order valence-electron chi connectivity index (χ3n) is 5.30. The van der Waals surface area contributed by atoms with Crippen molar-refractivity contribution >= 4 is 56.8 Å². The van der Waals surface area contributed by atoms with Crippen LogP contribution in [0.2, 0.25) is 0 Å². The highest BCUT2D eigenvalue weighted by atomic mass is 32.2. The molecule has 1 N–H and O–H groups in total. The van der Waals surface area contributed by atoms with Crippen LogP contribution in [0.4, 0.5) is 5.69 Å². The number of carbonyl (C=O) groups is 1. The summed E-state index contributed by atoms with van der Waals surface area (Å²) in [6, 6.07) is 16.9. The third kappa shape index (κ3) is 4.32. The van der Waals surface area contributed by atoms with Gasteiger partial charge in [0.05, 0.1) is 25.1 Å². The molecule has 5 aromatic rings. The summed E-state index contributed by atoms with van der Waals surface area (Å²) in [6.45, 7) is 2.30. The number of nitrogens with zero attached hydrogens (tertiary/aromatic N) is 2. The Kier molecular flexibility index (Phi) is 6.12. The summed E-state index contributed by atoms with van der Waals surface area (Å²) in [7, 11) is 1.56. The van der Waals surface area contributed by atoms with Crippen LogP contribution in [0.25, 0.3) is 22.1 Å². The van der Waals surface area contributed by atoms with Crippen molar-refractivity contribution in [2.24, 2.45) is 0 Å². The van der Waals surface area contributed by atoms with Crippen molar-refractivity contribution in [3.63, 3.8) is 0 Å². The number of furan rings is 1. The molecular weight excluding hydrogens is 470 g/mol. The maximum atomic E-state index is 13.4. The molecule has 0 spiro atoms. The molecule has 7 nitrogen and oxygen atoms in total. The van der Waals surface area contributed by atoms with Gasteiger partial charge in [0.2, 0.25) is 11.5 Å². The average Bonchev–Trinajstić information content (AvgIpc) is 3.48. The van der Waals surface area contributed by atoms with Crippen LogP contribution in [0.15, 0.2) is 74.3 Å². The lowest BCUT2D eigenvalue weighted by Gasteiger charge is -2.12. The minimum atomic E-state index is -0.266. The van der Waals surface area contributed by atoms with Crippen LogP contribution in [0.1, 0.15) is 10.4 Å². The van der Waals surface area contributed by atoms with E-state index >= 15 is 0 Å². The number of methoxy groups -OCH3 is 1. The molecule has 0 radical (unpaired) electrons.